The van der Waals surface area contributed by atoms with Gasteiger partial charge in [0.05, 0.1) is 5.69 Å². The minimum atomic E-state index is -0.288. The van der Waals surface area contributed by atoms with Crippen LogP contribution in [0.1, 0.15) is 27.2 Å². The highest BCUT2D eigenvalue weighted by atomic mass is 19.1. The number of nitrogens with one attached hydrogen (secondary N) is 2. The van der Waals surface area contributed by atoms with Crippen molar-refractivity contribution >= 4 is 22.8 Å². The molecule has 6 heteroatoms. The van der Waals surface area contributed by atoms with Gasteiger partial charge in [-0.25, -0.2) is 9.37 Å². The normalized spacial score (nSPS) is 12.3. The number of rotatable bonds is 6. The number of fused-ring (bicyclic) bond motifs is 1. The molecule has 158 valence electrons. The van der Waals surface area contributed by atoms with Crippen molar-refractivity contribution in [2.24, 2.45) is 11.8 Å². The van der Waals surface area contributed by atoms with Gasteiger partial charge in [-0.1, -0.05) is 20.8 Å². The summed E-state index contributed by atoms with van der Waals surface area (Å²) in [6.45, 7) is 6.13. The molecule has 0 unspecified atom stereocenters. The van der Waals surface area contributed by atoms with E-state index in [1.165, 1.54) is 12.1 Å². The molecule has 4 aromatic rings. The van der Waals surface area contributed by atoms with Crippen molar-refractivity contribution in [2.45, 2.75) is 27.2 Å². The molecule has 31 heavy (non-hydrogen) atoms. The summed E-state index contributed by atoms with van der Waals surface area (Å²) in [5, 5.41) is 3.84. The Morgan fingerprint density at radius 3 is 2.39 bits per heavy atom. The molecule has 0 saturated carbocycles. The third kappa shape index (κ3) is 4.48. The van der Waals surface area contributed by atoms with Crippen molar-refractivity contribution in [3.05, 3.63) is 66.7 Å². The summed E-state index contributed by atoms with van der Waals surface area (Å²) < 4.78 is 13.5. The van der Waals surface area contributed by atoms with Crippen LogP contribution in [0.4, 0.5) is 10.2 Å². The SMILES string of the molecule is CC(C)C[C@H](C)C(=O)Nc1ccc2c(-c3ccncc3)c(-c3ccc(F)cc3)[nH]c2n1. The number of amides is 1. The van der Waals surface area contributed by atoms with Crippen molar-refractivity contribution in [1.29, 1.82) is 0 Å². The summed E-state index contributed by atoms with van der Waals surface area (Å²) in [5.74, 6) is 0.523. The third-order valence-corrected chi connectivity index (χ3v) is 5.28. The Kier molecular flexibility index (Phi) is 5.80. The highest BCUT2D eigenvalue weighted by Crippen LogP contribution is 2.38. The van der Waals surface area contributed by atoms with Crippen LogP contribution in [-0.2, 0) is 4.79 Å². The lowest BCUT2D eigenvalue weighted by Crippen LogP contribution is -2.22. The number of aromatic amines is 1. The number of hydrogen-bond donors (Lipinski definition) is 2. The molecular formula is C25H25FN4O. The van der Waals surface area contributed by atoms with Crippen molar-refractivity contribution < 1.29 is 9.18 Å². The minimum Gasteiger partial charge on any atom is -0.339 e. The van der Waals surface area contributed by atoms with Gasteiger partial charge in [-0.15, -0.1) is 0 Å². The number of halogens is 1. The monoisotopic (exact) mass is 416 g/mol. The number of hydrogen-bond acceptors (Lipinski definition) is 3. The van der Waals surface area contributed by atoms with Gasteiger partial charge in [0.25, 0.3) is 0 Å². The Balaban J connectivity index is 1.76. The zero-order chi connectivity index (χ0) is 22.0. The summed E-state index contributed by atoms with van der Waals surface area (Å²) in [6.07, 6.45) is 4.29. The number of anilines is 1. The smallest absolute Gasteiger partial charge is 0.228 e. The molecule has 3 heterocycles. The lowest BCUT2D eigenvalue weighted by Gasteiger charge is -2.13. The van der Waals surface area contributed by atoms with Crippen LogP contribution >= 0.6 is 0 Å². The second-order valence-electron chi connectivity index (χ2n) is 8.23. The fourth-order valence-corrected chi connectivity index (χ4v) is 3.86. The van der Waals surface area contributed by atoms with Crippen LogP contribution in [0.25, 0.3) is 33.4 Å². The maximum Gasteiger partial charge on any atom is 0.228 e. The molecule has 1 atom stereocenters. The minimum absolute atomic E-state index is 0.0415. The maximum absolute atomic E-state index is 13.5. The Hall–Kier alpha value is -3.54. The second kappa shape index (κ2) is 8.68. The molecule has 0 aliphatic rings. The zero-order valence-corrected chi connectivity index (χ0v) is 17.8. The molecule has 0 bridgehead atoms. The number of carbonyl (C=O) groups is 1. The van der Waals surface area contributed by atoms with Crippen molar-refractivity contribution in [3.8, 4) is 22.4 Å². The molecule has 0 spiro atoms. The molecule has 0 aliphatic carbocycles. The van der Waals surface area contributed by atoms with E-state index in [9.17, 15) is 9.18 Å². The van der Waals surface area contributed by atoms with Crippen LogP contribution in [0.15, 0.2) is 60.9 Å². The van der Waals surface area contributed by atoms with E-state index in [1.54, 1.807) is 24.5 Å². The zero-order valence-electron chi connectivity index (χ0n) is 17.8. The van der Waals surface area contributed by atoms with Gasteiger partial charge in [0.2, 0.25) is 5.91 Å². The largest absolute Gasteiger partial charge is 0.339 e. The summed E-state index contributed by atoms with van der Waals surface area (Å²) >= 11 is 0. The predicted molar refractivity (Wildman–Crippen MR) is 122 cm³/mol. The van der Waals surface area contributed by atoms with Gasteiger partial charge in [-0.3, -0.25) is 9.78 Å². The van der Waals surface area contributed by atoms with E-state index in [2.05, 4.69) is 34.1 Å². The van der Waals surface area contributed by atoms with E-state index in [0.29, 0.717) is 17.4 Å². The summed E-state index contributed by atoms with van der Waals surface area (Å²) in [6, 6.07) is 14.0. The number of carbonyl (C=O) groups excluding carboxylic acids is 1. The standard InChI is InChI=1S/C25H25FN4O/c1-15(2)14-16(3)25(31)29-21-9-8-20-22(17-10-12-27-13-11-17)23(30-24(20)28-21)18-4-6-19(26)7-5-18/h4-13,15-16H,14H2,1-3H3,(H2,28,29,30,31)/t16-/m0/s1. The van der Waals surface area contributed by atoms with Gasteiger partial charge < -0.3 is 10.3 Å². The maximum atomic E-state index is 13.5. The quantitative estimate of drug-likeness (QED) is 0.402. The molecule has 4 rings (SSSR count). The van der Waals surface area contributed by atoms with Gasteiger partial charge in [-0.05, 0) is 72.0 Å². The summed E-state index contributed by atoms with van der Waals surface area (Å²) in [4.78, 5) is 24.7. The first-order chi connectivity index (χ1) is 14.9. The average Bonchev–Trinajstić information content (AvgIpc) is 3.13. The second-order valence-corrected chi connectivity index (χ2v) is 8.23. The average molecular weight is 417 g/mol. The van der Waals surface area contributed by atoms with Crippen LogP contribution in [0.3, 0.4) is 0 Å². The van der Waals surface area contributed by atoms with Crippen molar-refractivity contribution in [1.82, 2.24) is 15.0 Å². The summed E-state index contributed by atoms with van der Waals surface area (Å²) in [7, 11) is 0. The number of H-pyrrole nitrogens is 1. The fourth-order valence-electron chi connectivity index (χ4n) is 3.86. The molecule has 0 fully saturated rings. The van der Waals surface area contributed by atoms with E-state index in [-0.39, 0.29) is 17.6 Å². The molecule has 3 aromatic heterocycles. The lowest BCUT2D eigenvalue weighted by atomic mass is 9.98. The van der Waals surface area contributed by atoms with Crippen LogP contribution in [0.2, 0.25) is 0 Å². The predicted octanol–water partition coefficient (Wildman–Crippen LogP) is 6.05. The molecule has 1 aromatic carbocycles. The Labute approximate surface area is 180 Å². The highest BCUT2D eigenvalue weighted by Gasteiger charge is 2.18. The first-order valence-electron chi connectivity index (χ1n) is 10.4. The van der Waals surface area contributed by atoms with Crippen LogP contribution in [0.5, 0.6) is 0 Å². The number of benzene rings is 1. The topological polar surface area (TPSA) is 70.7 Å². The van der Waals surface area contributed by atoms with E-state index in [4.69, 9.17) is 0 Å². The first kappa shape index (κ1) is 20.7. The van der Waals surface area contributed by atoms with Crippen molar-refractivity contribution in [3.63, 3.8) is 0 Å². The number of nitrogens with zero attached hydrogens (tertiary/aromatic N) is 2. The molecule has 1 amide bonds. The molecule has 0 aliphatic heterocycles. The van der Waals surface area contributed by atoms with Gasteiger partial charge >= 0.3 is 0 Å². The van der Waals surface area contributed by atoms with Crippen molar-refractivity contribution in [2.75, 3.05) is 5.32 Å². The highest BCUT2D eigenvalue weighted by molar-refractivity contribution is 6.03. The molecular weight excluding hydrogens is 391 g/mol. The van der Waals surface area contributed by atoms with Gasteiger partial charge in [0.1, 0.15) is 17.3 Å². The number of aromatic nitrogens is 3. The third-order valence-electron chi connectivity index (χ3n) is 5.28. The Morgan fingerprint density at radius 1 is 1.00 bits per heavy atom. The molecule has 0 radical (unpaired) electrons. The van der Waals surface area contributed by atoms with E-state index < -0.39 is 0 Å². The molecule has 2 N–H and O–H groups in total. The van der Waals surface area contributed by atoms with Crippen LogP contribution in [-0.4, -0.2) is 20.9 Å². The number of pyridine rings is 2. The van der Waals surface area contributed by atoms with E-state index in [1.807, 2.05) is 31.2 Å². The molecule has 0 saturated heterocycles. The van der Waals surface area contributed by atoms with Gasteiger partial charge in [0.15, 0.2) is 0 Å². The summed E-state index contributed by atoms with van der Waals surface area (Å²) in [5.41, 5.74) is 4.28. The van der Waals surface area contributed by atoms with Gasteiger partial charge in [-0.2, -0.15) is 0 Å². The van der Waals surface area contributed by atoms with E-state index >= 15 is 0 Å². The Morgan fingerprint density at radius 2 is 1.71 bits per heavy atom. The Bertz CT molecular complexity index is 1200. The van der Waals surface area contributed by atoms with E-state index in [0.717, 1.165) is 34.2 Å². The van der Waals surface area contributed by atoms with Gasteiger partial charge in [0, 0.05) is 29.3 Å². The van der Waals surface area contributed by atoms with Crippen LogP contribution < -0.4 is 5.32 Å². The fraction of sp³-hybridized carbons (Fsp3) is 0.240. The first-order valence-corrected chi connectivity index (χ1v) is 10.4. The lowest BCUT2D eigenvalue weighted by molar-refractivity contribution is -0.119. The van der Waals surface area contributed by atoms with Crippen LogP contribution in [0, 0.1) is 17.7 Å². The molecule has 5 nitrogen and oxygen atoms in total.